The molecule has 3 aromatic rings. The second-order valence-corrected chi connectivity index (χ2v) is 9.12. The lowest BCUT2D eigenvalue weighted by Gasteiger charge is -2.23. The highest BCUT2D eigenvalue weighted by Gasteiger charge is 2.40. The van der Waals surface area contributed by atoms with Crippen molar-refractivity contribution in [3.05, 3.63) is 95.8 Å². The predicted molar refractivity (Wildman–Crippen MR) is 126 cm³/mol. The van der Waals surface area contributed by atoms with Crippen LogP contribution in [-0.2, 0) is 22.0 Å². The number of amides is 2. The van der Waals surface area contributed by atoms with Crippen LogP contribution in [0.5, 0.6) is 0 Å². The summed E-state index contributed by atoms with van der Waals surface area (Å²) in [7, 11) is -1.44. The molecule has 1 aliphatic rings. The first-order valence-corrected chi connectivity index (χ1v) is 12.0. The molecule has 1 fully saturated rings. The molecule has 2 unspecified atom stereocenters. The Labute approximate surface area is 190 Å². The molecule has 2 atom stereocenters. The Bertz CT molecular complexity index is 1110. The van der Waals surface area contributed by atoms with Gasteiger partial charge in [-0.3, -0.25) is 18.7 Å². The zero-order chi connectivity index (χ0) is 22.3. The summed E-state index contributed by atoms with van der Waals surface area (Å²) in [4.78, 5) is 31.1. The number of pyridine rings is 1. The molecular weight excluding hydrogens is 422 g/mol. The molecule has 1 aromatic heterocycles. The van der Waals surface area contributed by atoms with E-state index < -0.39 is 16.2 Å². The van der Waals surface area contributed by atoms with Crippen molar-refractivity contribution in [2.45, 2.75) is 24.6 Å². The molecular formula is C25H25N3O3S. The molecule has 164 valence electrons. The normalized spacial score (nSPS) is 18.0. The van der Waals surface area contributed by atoms with Crippen molar-refractivity contribution in [2.24, 2.45) is 0 Å². The van der Waals surface area contributed by atoms with Gasteiger partial charge in [0.1, 0.15) is 11.4 Å². The van der Waals surface area contributed by atoms with Crippen LogP contribution in [0.4, 0.5) is 5.69 Å². The summed E-state index contributed by atoms with van der Waals surface area (Å²) in [6.45, 7) is 0.557. The highest BCUT2D eigenvalue weighted by molar-refractivity contribution is 7.86. The fourth-order valence-electron chi connectivity index (χ4n) is 3.76. The minimum atomic E-state index is -1.44. The summed E-state index contributed by atoms with van der Waals surface area (Å²) >= 11 is 0. The molecule has 1 aliphatic heterocycles. The lowest BCUT2D eigenvalue weighted by atomic mass is 10.1. The van der Waals surface area contributed by atoms with E-state index in [1.807, 2.05) is 36.4 Å². The Morgan fingerprint density at radius 2 is 1.69 bits per heavy atom. The van der Waals surface area contributed by atoms with Crippen LogP contribution in [0.15, 0.2) is 78.9 Å². The summed E-state index contributed by atoms with van der Waals surface area (Å²) in [5.41, 5.74) is 2.67. The smallest absolute Gasteiger partial charge is 0.269 e. The average molecular weight is 448 g/mol. The molecule has 0 radical (unpaired) electrons. The Kier molecular flexibility index (Phi) is 7.07. The van der Waals surface area contributed by atoms with Crippen LogP contribution < -0.4 is 10.2 Å². The van der Waals surface area contributed by atoms with Gasteiger partial charge in [-0.15, -0.1) is 0 Å². The maximum atomic E-state index is 12.7. The molecule has 2 amide bonds. The first-order valence-electron chi connectivity index (χ1n) is 10.7. The van der Waals surface area contributed by atoms with Crippen LogP contribution in [0.3, 0.4) is 0 Å². The number of aryl methyl sites for hydroxylation is 1. The largest absolute Gasteiger partial charge is 0.351 e. The molecule has 1 N–H and O–H groups in total. The van der Waals surface area contributed by atoms with Crippen molar-refractivity contribution in [1.82, 2.24) is 10.3 Å². The third-order valence-electron chi connectivity index (χ3n) is 5.33. The van der Waals surface area contributed by atoms with Crippen LogP contribution in [0.25, 0.3) is 0 Å². The first-order chi connectivity index (χ1) is 15.6. The molecule has 2 aromatic carbocycles. The maximum absolute atomic E-state index is 12.7. The van der Waals surface area contributed by atoms with Gasteiger partial charge in [0.15, 0.2) is 5.37 Å². The van der Waals surface area contributed by atoms with E-state index in [2.05, 4.69) is 22.4 Å². The number of benzene rings is 2. The topological polar surface area (TPSA) is 79.4 Å². The van der Waals surface area contributed by atoms with Gasteiger partial charge in [0.25, 0.3) is 5.91 Å². The number of carbonyl (C=O) groups is 2. The van der Waals surface area contributed by atoms with Crippen LogP contribution in [0.2, 0.25) is 0 Å². The number of rotatable bonds is 8. The Hall–Kier alpha value is -3.32. The standard InChI is InChI=1S/C25H25N3O3S/c29-23-18-32(31)25(28(23)20-13-5-2-6-14-20)22-16-9-15-21(27-22)24(30)26-17-8-7-12-19-10-3-1-4-11-19/h1-6,9-11,13-16,25H,7-8,12,17-18H2,(H,26,30). The fourth-order valence-corrected chi connectivity index (χ4v) is 5.18. The molecule has 7 heteroatoms. The van der Waals surface area contributed by atoms with E-state index in [1.165, 1.54) is 10.5 Å². The summed E-state index contributed by atoms with van der Waals surface area (Å²) < 4.78 is 12.7. The third kappa shape index (κ3) is 5.11. The van der Waals surface area contributed by atoms with E-state index in [0.29, 0.717) is 17.9 Å². The van der Waals surface area contributed by atoms with E-state index in [1.54, 1.807) is 30.3 Å². The quantitative estimate of drug-likeness (QED) is 0.535. The lowest BCUT2D eigenvalue weighted by Crippen LogP contribution is -2.30. The number of hydrogen-bond donors (Lipinski definition) is 1. The second kappa shape index (κ2) is 10.3. The molecule has 0 saturated carbocycles. The number of carbonyl (C=O) groups excluding carboxylic acids is 2. The van der Waals surface area contributed by atoms with Gasteiger partial charge in [0.2, 0.25) is 5.91 Å². The molecule has 2 heterocycles. The van der Waals surface area contributed by atoms with Crippen LogP contribution in [0.1, 0.15) is 40.0 Å². The van der Waals surface area contributed by atoms with Gasteiger partial charge in [0, 0.05) is 12.2 Å². The van der Waals surface area contributed by atoms with E-state index in [9.17, 15) is 13.8 Å². The van der Waals surface area contributed by atoms with Crippen molar-refractivity contribution >= 4 is 28.3 Å². The second-order valence-electron chi connectivity index (χ2n) is 7.62. The molecule has 6 nitrogen and oxygen atoms in total. The van der Waals surface area contributed by atoms with Crippen LogP contribution >= 0.6 is 0 Å². The van der Waals surface area contributed by atoms with Crippen molar-refractivity contribution < 1.29 is 13.8 Å². The number of nitrogens with zero attached hydrogens (tertiary/aromatic N) is 2. The Morgan fingerprint density at radius 1 is 0.969 bits per heavy atom. The SMILES string of the molecule is O=C(NCCCCc1ccccc1)c1cccc(C2N(c3ccccc3)C(=O)CS2=O)n1. The molecule has 0 bridgehead atoms. The first kappa shape index (κ1) is 21.9. The monoisotopic (exact) mass is 447 g/mol. The van der Waals surface area contributed by atoms with Gasteiger partial charge >= 0.3 is 0 Å². The number of hydrogen-bond acceptors (Lipinski definition) is 4. The molecule has 1 saturated heterocycles. The van der Waals surface area contributed by atoms with Gasteiger partial charge in [-0.1, -0.05) is 54.6 Å². The van der Waals surface area contributed by atoms with Gasteiger partial charge < -0.3 is 5.32 Å². The summed E-state index contributed by atoms with van der Waals surface area (Å²) in [5.74, 6) is -0.540. The summed E-state index contributed by atoms with van der Waals surface area (Å²) in [6, 6.07) is 24.5. The Morgan fingerprint density at radius 3 is 2.44 bits per heavy atom. The highest BCUT2D eigenvalue weighted by Crippen LogP contribution is 2.34. The van der Waals surface area contributed by atoms with Gasteiger partial charge in [-0.2, -0.15) is 0 Å². The molecule has 0 spiro atoms. The van der Waals surface area contributed by atoms with E-state index in [4.69, 9.17) is 0 Å². The zero-order valence-electron chi connectivity index (χ0n) is 17.6. The van der Waals surface area contributed by atoms with E-state index >= 15 is 0 Å². The van der Waals surface area contributed by atoms with Crippen LogP contribution in [0, 0.1) is 0 Å². The molecule has 4 rings (SSSR count). The number of aromatic nitrogens is 1. The van der Waals surface area contributed by atoms with E-state index in [-0.39, 0.29) is 23.3 Å². The predicted octanol–water partition coefficient (Wildman–Crippen LogP) is 3.63. The van der Waals surface area contributed by atoms with Crippen molar-refractivity contribution in [3.63, 3.8) is 0 Å². The molecule has 32 heavy (non-hydrogen) atoms. The molecule has 0 aliphatic carbocycles. The van der Waals surface area contributed by atoms with Gasteiger partial charge in [-0.05, 0) is 49.1 Å². The third-order valence-corrected chi connectivity index (χ3v) is 6.81. The van der Waals surface area contributed by atoms with Gasteiger partial charge in [-0.25, -0.2) is 4.98 Å². The number of para-hydroxylation sites is 1. The van der Waals surface area contributed by atoms with Crippen LogP contribution in [-0.4, -0.2) is 33.3 Å². The zero-order valence-corrected chi connectivity index (χ0v) is 18.5. The number of anilines is 1. The van der Waals surface area contributed by atoms with Crippen molar-refractivity contribution in [3.8, 4) is 0 Å². The van der Waals surface area contributed by atoms with Crippen molar-refractivity contribution in [1.29, 1.82) is 0 Å². The highest BCUT2D eigenvalue weighted by atomic mass is 32.2. The minimum Gasteiger partial charge on any atom is -0.351 e. The number of nitrogens with one attached hydrogen (secondary N) is 1. The van der Waals surface area contributed by atoms with E-state index in [0.717, 1.165) is 19.3 Å². The Balaban J connectivity index is 1.39. The average Bonchev–Trinajstić information content (AvgIpc) is 3.13. The summed E-state index contributed by atoms with van der Waals surface area (Å²) in [6.07, 6.45) is 2.82. The lowest BCUT2D eigenvalue weighted by molar-refractivity contribution is -0.115. The summed E-state index contributed by atoms with van der Waals surface area (Å²) in [5, 5.41) is 2.20. The van der Waals surface area contributed by atoms with Gasteiger partial charge in [0.05, 0.1) is 16.5 Å². The number of unbranched alkanes of at least 4 members (excludes halogenated alkanes) is 1. The minimum absolute atomic E-state index is 0.0565. The maximum Gasteiger partial charge on any atom is 0.269 e. The fraction of sp³-hybridized carbons (Fsp3) is 0.240. The van der Waals surface area contributed by atoms with Crippen molar-refractivity contribution in [2.75, 3.05) is 17.2 Å².